The van der Waals surface area contributed by atoms with Crippen LogP contribution in [0.2, 0.25) is 0 Å². The third kappa shape index (κ3) is 3.58. The van der Waals surface area contributed by atoms with Crippen LogP contribution in [0.1, 0.15) is 0 Å². The molecule has 7 heteroatoms. The zero-order chi connectivity index (χ0) is 14.0. The van der Waals surface area contributed by atoms with Gasteiger partial charge >= 0.3 is 0 Å². The van der Waals surface area contributed by atoms with Crippen molar-refractivity contribution in [1.29, 1.82) is 0 Å². The lowest BCUT2D eigenvalue weighted by molar-refractivity contribution is 0.483. The van der Waals surface area contributed by atoms with Crippen molar-refractivity contribution in [3.05, 3.63) is 46.0 Å². The normalized spacial score (nSPS) is 11.3. The number of rotatable bonds is 3. The highest BCUT2D eigenvalue weighted by Crippen LogP contribution is 2.29. The smallest absolute Gasteiger partial charge is 0.238 e. The Hall–Kier alpha value is -1.32. The summed E-state index contributed by atoms with van der Waals surface area (Å²) in [6, 6.07) is 11.4. The predicted molar refractivity (Wildman–Crippen MR) is 81.5 cm³/mol. The number of nitrogen functional groups attached to an aromatic ring is 1. The number of ether oxygens (including phenoxy) is 1. The molecule has 0 atom stereocenters. The highest BCUT2D eigenvalue weighted by atomic mass is 127. The maximum Gasteiger partial charge on any atom is 0.238 e. The lowest BCUT2D eigenvalue weighted by Crippen LogP contribution is -2.12. The van der Waals surface area contributed by atoms with Gasteiger partial charge in [-0.15, -0.1) is 0 Å². The summed E-state index contributed by atoms with van der Waals surface area (Å²) in [6.07, 6.45) is 0. The van der Waals surface area contributed by atoms with Crippen LogP contribution in [0.5, 0.6) is 11.5 Å². The van der Waals surface area contributed by atoms with E-state index in [2.05, 4.69) is 22.6 Å². The van der Waals surface area contributed by atoms with Gasteiger partial charge in [-0.3, -0.25) is 0 Å². The van der Waals surface area contributed by atoms with Crippen LogP contribution < -0.4 is 15.6 Å². The third-order valence-corrected chi connectivity index (χ3v) is 3.99. The Morgan fingerprint density at radius 3 is 2.26 bits per heavy atom. The first-order valence-electron chi connectivity index (χ1n) is 5.22. The Bertz CT molecular complexity index is 699. The van der Waals surface area contributed by atoms with Crippen molar-refractivity contribution in [2.45, 2.75) is 4.90 Å². The Morgan fingerprint density at radius 1 is 1.05 bits per heavy atom. The van der Waals surface area contributed by atoms with Gasteiger partial charge in [-0.25, -0.2) is 13.6 Å². The second-order valence-corrected chi connectivity index (χ2v) is 6.61. The number of hydrogen-bond acceptors (Lipinski definition) is 4. The van der Waals surface area contributed by atoms with Crippen molar-refractivity contribution in [3.63, 3.8) is 0 Å². The van der Waals surface area contributed by atoms with Crippen LogP contribution in [-0.2, 0) is 10.0 Å². The number of halogens is 1. The molecular weight excluding hydrogens is 379 g/mol. The third-order valence-electron chi connectivity index (χ3n) is 2.36. The molecule has 2 aromatic rings. The number of primary sulfonamides is 1. The molecule has 0 aliphatic rings. The van der Waals surface area contributed by atoms with Crippen molar-refractivity contribution in [1.82, 2.24) is 0 Å². The molecule has 0 amide bonds. The molecule has 0 aliphatic carbocycles. The molecule has 2 aromatic carbocycles. The van der Waals surface area contributed by atoms with Gasteiger partial charge < -0.3 is 10.5 Å². The monoisotopic (exact) mass is 390 g/mol. The minimum atomic E-state index is -3.78. The van der Waals surface area contributed by atoms with Crippen LogP contribution in [0, 0.1) is 3.57 Å². The van der Waals surface area contributed by atoms with E-state index in [4.69, 9.17) is 15.6 Å². The molecule has 0 heterocycles. The summed E-state index contributed by atoms with van der Waals surface area (Å²) in [6.45, 7) is 0. The van der Waals surface area contributed by atoms with Crippen molar-refractivity contribution >= 4 is 38.3 Å². The standard InChI is InChI=1S/C12H11IN2O3S/c13-8-1-3-9(4-2-8)18-12-7-10(19(15,16)17)5-6-11(12)14/h1-7H,14H2,(H2,15,16,17). The Balaban J connectivity index is 2.37. The van der Waals surface area contributed by atoms with Crippen molar-refractivity contribution < 1.29 is 13.2 Å². The largest absolute Gasteiger partial charge is 0.455 e. The fourth-order valence-electron chi connectivity index (χ4n) is 1.41. The summed E-state index contributed by atoms with van der Waals surface area (Å²) in [4.78, 5) is -0.0396. The molecule has 0 saturated heterocycles. The van der Waals surface area contributed by atoms with E-state index in [0.717, 1.165) is 3.57 Å². The number of nitrogens with two attached hydrogens (primary N) is 2. The van der Waals surface area contributed by atoms with Crippen molar-refractivity contribution in [2.75, 3.05) is 5.73 Å². The highest BCUT2D eigenvalue weighted by Gasteiger charge is 2.11. The van der Waals surface area contributed by atoms with Gasteiger partial charge in [-0.1, -0.05) is 0 Å². The van der Waals surface area contributed by atoms with Crippen LogP contribution in [-0.4, -0.2) is 8.42 Å². The van der Waals surface area contributed by atoms with E-state index in [1.54, 1.807) is 12.1 Å². The Labute approximate surface area is 124 Å². The molecule has 2 rings (SSSR count). The molecule has 0 aliphatic heterocycles. The van der Waals surface area contributed by atoms with Gasteiger partial charge in [0.2, 0.25) is 10.0 Å². The minimum absolute atomic E-state index is 0.0396. The molecule has 19 heavy (non-hydrogen) atoms. The summed E-state index contributed by atoms with van der Waals surface area (Å²) in [5, 5.41) is 5.06. The first-order valence-corrected chi connectivity index (χ1v) is 7.84. The molecule has 100 valence electrons. The molecule has 0 saturated carbocycles. The van der Waals surface area contributed by atoms with E-state index in [0.29, 0.717) is 11.4 Å². The van der Waals surface area contributed by atoms with E-state index in [-0.39, 0.29) is 10.6 Å². The van der Waals surface area contributed by atoms with Crippen LogP contribution in [0.25, 0.3) is 0 Å². The quantitative estimate of drug-likeness (QED) is 0.621. The predicted octanol–water partition coefficient (Wildman–Crippen LogP) is 2.31. The van der Waals surface area contributed by atoms with Gasteiger partial charge in [0.05, 0.1) is 10.6 Å². The van der Waals surface area contributed by atoms with Gasteiger partial charge in [0, 0.05) is 9.64 Å². The van der Waals surface area contributed by atoms with Gasteiger partial charge in [-0.2, -0.15) is 0 Å². The molecule has 0 aromatic heterocycles. The molecule has 4 N–H and O–H groups in total. The molecule has 5 nitrogen and oxygen atoms in total. The first kappa shape index (κ1) is 14.1. The van der Waals surface area contributed by atoms with Crippen LogP contribution in [0.15, 0.2) is 47.4 Å². The van der Waals surface area contributed by atoms with Crippen LogP contribution in [0.4, 0.5) is 5.69 Å². The summed E-state index contributed by atoms with van der Waals surface area (Å²) in [5.74, 6) is 0.825. The van der Waals surface area contributed by atoms with Crippen LogP contribution in [0.3, 0.4) is 0 Å². The average molecular weight is 390 g/mol. The maximum atomic E-state index is 11.3. The molecule has 0 radical (unpaired) electrons. The van der Waals surface area contributed by atoms with Gasteiger partial charge in [0.15, 0.2) is 5.75 Å². The van der Waals surface area contributed by atoms with Gasteiger partial charge in [0.1, 0.15) is 5.75 Å². The summed E-state index contributed by atoms with van der Waals surface area (Å²) >= 11 is 2.17. The molecular formula is C12H11IN2O3S. The van der Waals surface area contributed by atoms with E-state index >= 15 is 0 Å². The fourth-order valence-corrected chi connectivity index (χ4v) is 2.30. The number of benzene rings is 2. The number of anilines is 1. The van der Waals surface area contributed by atoms with E-state index < -0.39 is 10.0 Å². The Morgan fingerprint density at radius 2 is 1.68 bits per heavy atom. The molecule has 0 spiro atoms. The zero-order valence-corrected chi connectivity index (χ0v) is 12.7. The van der Waals surface area contributed by atoms with E-state index in [9.17, 15) is 8.42 Å². The lowest BCUT2D eigenvalue weighted by atomic mass is 10.3. The molecule has 0 bridgehead atoms. The Kier molecular flexibility index (Phi) is 3.97. The SMILES string of the molecule is Nc1ccc(S(N)(=O)=O)cc1Oc1ccc(I)cc1. The van der Waals surface area contributed by atoms with Crippen molar-refractivity contribution in [3.8, 4) is 11.5 Å². The highest BCUT2D eigenvalue weighted by molar-refractivity contribution is 14.1. The number of sulfonamides is 1. The average Bonchev–Trinajstić information content (AvgIpc) is 2.33. The second-order valence-electron chi connectivity index (χ2n) is 3.80. The fraction of sp³-hybridized carbons (Fsp3) is 0. The zero-order valence-electron chi connectivity index (χ0n) is 9.71. The minimum Gasteiger partial charge on any atom is -0.455 e. The topological polar surface area (TPSA) is 95.4 Å². The van der Waals surface area contributed by atoms with E-state index in [1.807, 2.05) is 12.1 Å². The second kappa shape index (κ2) is 5.35. The summed E-state index contributed by atoms with van der Waals surface area (Å²) < 4.78 is 29.2. The van der Waals surface area contributed by atoms with E-state index in [1.165, 1.54) is 18.2 Å². The van der Waals surface area contributed by atoms with Gasteiger partial charge in [0.25, 0.3) is 0 Å². The van der Waals surface area contributed by atoms with Crippen molar-refractivity contribution in [2.24, 2.45) is 5.14 Å². The number of hydrogen-bond donors (Lipinski definition) is 2. The molecule has 0 fully saturated rings. The maximum absolute atomic E-state index is 11.3. The lowest BCUT2D eigenvalue weighted by Gasteiger charge is -2.09. The summed E-state index contributed by atoms with van der Waals surface area (Å²) in [7, 11) is -3.78. The first-order chi connectivity index (χ1) is 8.86. The molecule has 0 unspecified atom stereocenters. The summed E-state index contributed by atoms with van der Waals surface area (Å²) in [5.41, 5.74) is 6.09. The van der Waals surface area contributed by atoms with Gasteiger partial charge in [-0.05, 0) is 59.0 Å². The van der Waals surface area contributed by atoms with Crippen LogP contribution >= 0.6 is 22.6 Å².